The van der Waals surface area contributed by atoms with Crippen LogP contribution in [0.1, 0.15) is 12.5 Å². The minimum absolute atomic E-state index is 0.0938. The fourth-order valence-corrected chi connectivity index (χ4v) is 3.73. The molecule has 6 heteroatoms. The van der Waals surface area contributed by atoms with Crippen LogP contribution in [0.2, 0.25) is 10.0 Å². The zero-order valence-electron chi connectivity index (χ0n) is 16.9. The van der Waals surface area contributed by atoms with Gasteiger partial charge in [0.05, 0.1) is 30.1 Å². The molecule has 0 atom stereocenters. The second-order valence-electron chi connectivity index (χ2n) is 6.92. The standard InChI is InChI=1S/C25H20Cl2N2O2/c1-2-31-23(30)16-22-24(17-8-12-19(26)13-9-17)28-29(21-6-4-3-5-7-21)25(22)18-10-14-20(27)15-11-18/h3-15H,2,16H2,1H3. The number of nitrogens with zero attached hydrogens (tertiary/aromatic N) is 2. The van der Waals surface area contributed by atoms with Crippen LogP contribution in [0.25, 0.3) is 28.2 Å². The molecule has 156 valence electrons. The molecule has 0 aliphatic carbocycles. The highest BCUT2D eigenvalue weighted by molar-refractivity contribution is 6.31. The Morgan fingerprint density at radius 1 is 0.871 bits per heavy atom. The van der Waals surface area contributed by atoms with Gasteiger partial charge in [-0.15, -0.1) is 0 Å². The molecule has 4 rings (SSSR count). The van der Waals surface area contributed by atoms with Crippen molar-refractivity contribution in [1.29, 1.82) is 0 Å². The number of ether oxygens (including phenoxy) is 1. The lowest BCUT2D eigenvalue weighted by molar-refractivity contribution is -0.142. The van der Waals surface area contributed by atoms with Crippen molar-refractivity contribution in [3.8, 4) is 28.2 Å². The van der Waals surface area contributed by atoms with Gasteiger partial charge in [0.1, 0.15) is 0 Å². The third-order valence-electron chi connectivity index (χ3n) is 4.85. The van der Waals surface area contributed by atoms with E-state index >= 15 is 0 Å². The summed E-state index contributed by atoms with van der Waals surface area (Å²) in [4.78, 5) is 12.5. The smallest absolute Gasteiger partial charge is 0.310 e. The summed E-state index contributed by atoms with van der Waals surface area (Å²) in [5, 5.41) is 6.20. The summed E-state index contributed by atoms with van der Waals surface area (Å²) in [5.41, 5.74) is 4.97. The van der Waals surface area contributed by atoms with Crippen LogP contribution in [0, 0.1) is 0 Å². The zero-order valence-corrected chi connectivity index (χ0v) is 18.4. The van der Waals surface area contributed by atoms with E-state index in [1.165, 1.54) is 0 Å². The number of carbonyl (C=O) groups excluding carboxylic acids is 1. The first-order valence-electron chi connectivity index (χ1n) is 9.91. The lowest BCUT2D eigenvalue weighted by Gasteiger charge is -2.10. The van der Waals surface area contributed by atoms with E-state index in [1.807, 2.05) is 83.5 Å². The lowest BCUT2D eigenvalue weighted by atomic mass is 9.99. The van der Waals surface area contributed by atoms with Crippen molar-refractivity contribution in [3.05, 3.63) is 94.5 Å². The molecule has 0 aliphatic rings. The molecule has 0 saturated heterocycles. The fraction of sp³-hybridized carbons (Fsp3) is 0.120. The predicted octanol–water partition coefficient (Wildman–Crippen LogP) is 6.62. The summed E-state index contributed by atoms with van der Waals surface area (Å²) >= 11 is 12.2. The van der Waals surface area contributed by atoms with Crippen molar-refractivity contribution in [2.75, 3.05) is 6.61 Å². The molecule has 0 saturated carbocycles. The van der Waals surface area contributed by atoms with Crippen molar-refractivity contribution < 1.29 is 9.53 Å². The molecule has 0 amide bonds. The number of benzene rings is 3. The summed E-state index contributed by atoms with van der Waals surface area (Å²) in [6.45, 7) is 2.11. The lowest BCUT2D eigenvalue weighted by Crippen LogP contribution is -2.09. The van der Waals surface area contributed by atoms with Crippen LogP contribution in [-0.4, -0.2) is 22.4 Å². The molecule has 31 heavy (non-hydrogen) atoms. The number of esters is 1. The number of aromatic nitrogens is 2. The van der Waals surface area contributed by atoms with Crippen LogP contribution < -0.4 is 0 Å². The number of carbonyl (C=O) groups is 1. The number of rotatable bonds is 6. The van der Waals surface area contributed by atoms with Gasteiger partial charge in [-0.25, -0.2) is 4.68 Å². The number of para-hydroxylation sites is 1. The van der Waals surface area contributed by atoms with Crippen molar-refractivity contribution in [1.82, 2.24) is 9.78 Å². The van der Waals surface area contributed by atoms with E-state index < -0.39 is 0 Å². The van der Waals surface area contributed by atoms with Gasteiger partial charge in [0.2, 0.25) is 0 Å². The highest BCUT2D eigenvalue weighted by atomic mass is 35.5. The number of hydrogen-bond donors (Lipinski definition) is 0. The Bertz CT molecular complexity index is 1180. The van der Waals surface area contributed by atoms with Crippen molar-refractivity contribution in [2.45, 2.75) is 13.3 Å². The van der Waals surface area contributed by atoms with Crippen LogP contribution in [0.4, 0.5) is 0 Å². The van der Waals surface area contributed by atoms with Crippen LogP contribution in [0.3, 0.4) is 0 Å². The first-order valence-corrected chi connectivity index (χ1v) is 10.7. The molecule has 4 nitrogen and oxygen atoms in total. The predicted molar refractivity (Wildman–Crippen MR) is 125 cm³/mol. The Balaban J connectivity index is 1.99. The topological polar surface area (TPSA) is 44.1 Å². The quantitative estimate of drug-likeness (QED) is 0.310. The molecule has 0 radical (unpaired) electrons. The highest BCUT2D eigenvalue weighted by Gasteiger charge is 2.24. The van der Waals surface area contributed by atoms with Gasteiger partial charge < -0.3 is 4.74 Å². The van der Waals surface area contributed by atoms with Gasteiger partial charge in [0, 0.05) is 26.7 Å². The van der Waals surface area contributed by atoms with Gasteiger partial charge >= 0.3 is 5.97 Å². The molecule has 0 N–H and O–H groups in total. The Kier molecular flexibility index (Phi) is 6.40. The molecule has 4 aromatic rings. The maximum absolute atomic E-state index is 12.5. The fourth-order valence-electron chi connectivity index (χ4n) is 3.47. The average molecular weight is 451 g/mol. The van der Waals surface area contributed by atoms with E-state index in [0.717, 1.165) is 28.1 Å². The van der Waals surface area contributed by atoms with Crippen LogP contribution in [0.5, 0.6) is 0 Å². The molecule has 0 fully saturated rings. The van der Waals surface area contributed by atoms with Crippen molar-refractivity contribution in [2.24, 2.45) is 0 Å². The first-order chi connectivity index (χ1) is 15.1. The summed E-state index contributed by atoms with van der Waals surface area (Å²) in [5.74, 6) is -0.305. The third kappa shape index (κ3) is 4.66. The Labute approximate surface area is 191 Å². The second-order valence-corrected chi connectivity index (χ2v) is 7.79. The minimum Gasteiger partial charge on any atom is -0.466 e. The molecular weight excluding hydrogens is 431 g/mol. The summed E-state index contributed by atoms with van der Waals surface area (Å²) in [6.07, 6.45) is 0.0938. The van der Waals surface area contributed by atoms with E-state index in [-0.39, 0.29) is 12.4 Å². The summed E-state index contributed by atoms with van der Waals surface area (Å²) in [7, 11) is 0. The molecule has 0 aliphatic heterocycles. The first kappa shape index (κ1) is 21.2. The molecule has 1 aromatic heterocycles. The Morgan fingerprint density at radius 2 is 1.45 bits per heavy atom. The maximum atomic E-state index is 12.5. The van der Waals surface area contributed by atoms with E-state index in [9.17, 15) is 4.79 Å². The SMILES string of the molecule is CCOC(=O)Cc1c(-c2ccc(Cl)cc2)nn(-c2ccccc2)c1-c1ccc(Cl)cc1. The van der Waals surface area contributed by atoms with Gasteiger partial charge in [-0.2, -0.15) is 5.10 Å². The highest BCUT2D eigenvalue weighted by Crippen LogP contribution is 2.35. The summed E-state index contributed by atoms with van der Waals surface area (Å²) < 4.78 is 7.13. The maximum Gasteiger partial charge on any atom is 0.310 e. The van der Waals surface area contributed by atoms with Crippen molar-refractivity contribution >= 4 is 29.2 Å². The Hall–Kier alpha value is -3.08. The van der Waals surface area contributed by atoms with Crippen LogP contribution in [0.15, 0.2) is 78.9 Å². The molecule has 1 heterocycles. The van der Waals surface area contributed by atoms with E-state index in [1.54, 1.807) is 6.92 Å². The molecule has 0 unspecified atom stereocenters. The van der Waals surface area contributed by atoms with Gasteiger partial charge in [-0.3, -0.25) is 4.79 Å². The van der Waals surface area contributed by atoms with E-state index in [0.29, 0.717) is 22.3 Å². The summed E-state index contributed by atoms with van der Waals surface area (Å²) in [6, 6.07) is 24.8. The molecule has 0 spiro atoms. The van der Waals surface area contributed by atoms with E-state index in [2.05, 4.69) is 0 Å². The van der Waals surface area contributed by atoms with Crippen LogP contribution in [-0.2, 0) is 16.0 Å². The molecule has 3 aromatic carbocycles. The number of halogens is 2. The van der Waals surface area contributed by atoms with Gasteiger partial charge in [0.25, 0.3) is 0 Å². The van der Waals surface area contributed by atoms with Gasteiger partial charge in [0.15, 0.2) is 0 Å². The number of hydrogen-bond acceptors (Lipinski definition) is 3. The average Bonchev–Trinajstić information content (AvgIpc) is 3.14. The zero-order chi connectivity index (χ0) is 21.8. The largest absolute Gasteiger partial charge is 0.466 e. The van der Waals surface area contributed by atoms with Gasteiger partial charge in [-0.05, 0) is 43.3 Å². The third-order valence-corrected chi connectivity index (χ3v) is 5.35. The molecular formula is C25H20Cl2N2O2. The monoisotopic (exact) mass is 450 g/mol. The second kappa shape index (κ2) is 9.38. The van der Waals surface area contributed by atoms with E-state index in [4.69, 9.17) is 33.0 Å². The normalized spacial score (nSPS) is 10.8. The Morgan fingerprint density at radius 3 is 2.03 bits per heavy atom. The van der Waals surface area contributed by atoms with Crippen LogP contribution >= 0.6 is 23.2 Å². The minimum atomic E-state index is -0.305. The molecule has 0 bridgehead atoms. The van der Waals surface area contributed by atoms with Crippen molar-refractivity contribution in [3.63, 3.8) is 0 Å². The van der Waals surface area contributed by atoms with Gasteiger partial charge in [-0.1, -0.05) is 65.7 Å².